The topological polar surface area (TPSA) is 53.7 Å². The van der Waals surface area contributed by atoms with Crippen LogP contribution in [0.5, 0.6) is 5.75 Å². The van der Waals surface area contributed by atoms with Crippen LogP contribution >= 0.6 is 12.2 Å². The third-order valence-corrected chi connectivity index (χ3v) is 3.49. The highest BCUT2D eigenvalue weighted by Gasteiger charge is 2.12. The number of halogens is 1. The first kappa shape index (κ1) is 13.3. The smallest absolute Gasteiger partial charge is 0.182 e. The lowest BCUT2D eigenvalue weighted by Crippen LogP contribution is -1.98. The first-order valence-electron chi connectivity index (χ1n) is 6.13. The molecule has 1 N–H and O–H groups in total. The van der Waals surface area contributed by atoms with E-state index in [1.165, 1.54) is 12.1 Å². The third-order valence-electron chi connectivity index (χ3n) is 3.21. The number of methoxy groups -OCH3 is 1. The van der Waals surface area contributed by atoms with E-state index in [0.717, 1.165) is 11.0 Å². The molecule has 21 heavy (non-hydrogen) atoms. The molecule has 4 nitrogen and oxygen atoms in total. The van der Waals surface area contributed by atoms with Gasteiger partial charge in [0.05, 0.1) is 29.4 Å². The van der Waals surface area contributed by atoms with Crippen LogP contribution in [0.15, 0.2) is 36.4 Å². The van der Waals surface area contributed by atoms with Gasteiger partial charge in [0.2, 0.25) is 0 Å². The molecular weight excluding hydrogens is 289 g/mol. The summed E-state index contributed by atoms with van der Waals surface area (Å²) in [6.45, 7) is 0. The average molecular weight is 299 g/mol. The summed E-state index contributed by atoms with van der Waals surface area (Å²) in [7, 11) is 1.58. The van der Waals surface area contributed by atoms with Crippen LogP contribution < -0.4 is 4.74 Å². The van der Waals surface area contributed by atoms with Crippen molar-refractivity contribution in [3.8, 4) is 17.5 Å². The van der Waals surface area contributed by atoms with Crippen LogP contribution in [-0.2, 0) is 0 Å². The second-order valence-corrected chi connectivity index (χ2v) is 4.81. The van der Waals surface area contributed by atoms with Crippen LogP contribution in [0.25, 0.3) is 16.7 Å². The van der Waals surface area contributed by atoms with Crippen LogP contribution in [0.1, 0.15) is 5.56 Å². The van der Waals surface area contributed by atoms with Crippen molar-refractivity contribution in [2.45, 2.75) is 0 Å². The largest absolute Gasteiger partial charge is 0.497 e. The number of aromatic nitrogens is 2. The van der Waals surface area contributed by atoms with E-state index < -0.39 is 5.82 Å². The van der Waals surface area contributed by atoms with Gasteiger partial charge >= 0.3 is 0 Å². The molecule has 0 amide bonds. The Labute approximate surface area is 125 Å². The maximum Gasteiger partial charge on any atom is 0.182 e. The molecule has 0 unspecified atom stereocenters. The molecular formula is C15H10FN3OS. The van der Waals surface area contributed by atoms with Crippen molar-refractivity contribution in [1.82, 2.24) is 9.55 Å². The molecule has 0 aliphatic rings. The molecule has 104 valence electrons. The number of benzene rings is 2. The minimum Gasteiger partial charge on any atom is -0.497 e. The van der Waals surface area contributed by atoms with E-state index in [1.807, 2.05) is 18.2 Å². The lowest BCUT2D eigenvalue weighted by atomic mass is 10.2. The highest BCUT2D eigenvalue weighted by atomic mass is 32.1. The summed E-state index contributed by atoms with van der Waals surface area (Å²) < 4.78 is 20.6. The van der Waals surface area contributed by atoms with E-state index in [2.05, 4.69) is 4.98 Å². The van der Waals surface area contributed by atoms with Crippen molar-refractivity contribution < 1.29 is 9.13 Å². The monoisotopic (exact) mass is 299 g/mol. The van der Waals surface area contributed by atoms with E-state index in [9.17, 15) is 9.65 Å². The predicted octanol–water partition coefficient (Wildman–Crippen LogP) is 3.71. The molecule has 0 fully saturated rings. The molecule has 2 aromatic carbocycles. The molecule has 0 spiro atoms. The Kier molecular flexibility index (Phi) is 3.20. The Morgan fingerprint density at radius 2 is 2.10 bits per heavy atom. The van der Waals surface area contributed by atoms with E-state index >= 15 is 0 Å². The molecule has 1 heterocycles. The Balaban J connectivity index is 2.33. The number of ether oxygens (including phenoxy) is 1. The molecule has 1 aromatic heterocycles. The molecule has 0 aliphatic carbocycles. The molecule has 6 heteroatoms. The fraction of sp³-hybridized carbons (Fsp3) is 0.0667. The van der Waals surface area contributed by atoms with Crippen LogP contribution in [0, 0.1) is 21.9 Å². The second kappa shape index (κ2) is 5.04. The number of nitrogens with zero attached hydrogens (tertiary/aromatic N) is 2. The first-order valence-corrected chi connectivity index (χ1v) is 6.53. The van der Waals surface area contributed by atoms with Crippen LogP contribution in [0.3, 0.4) is 0 Å². The van der Waals surface area contributed by atoms with Gasteiger partial charge in [-0.15, -0.1) is 0 Å². The number of fused-ring (bicyclic) bond motifs is 1. The summed E-state index contributed by atoms with van der Waals surface area (Å²) in [6, 6.07) is 11.5. The molecule has 0 atom stereocenters. The van der Waals surface area contributed by atoms with Gasteiger partial charge < -0.3 is 9.72 Å². The van der Waals surface area contributed by atoms with Gasteiger partial charge in [0.25, 0.3) is 0 Å². The zero-order valence-corrected chi connectivity index (χ0v) is 11.9. The third kappa shape index (κ3) is 2.18. The SMILES string of the molecule is COc1ccc2c(c1)[nH]c(=S)n2-c1ccc(F)cc1C#N. The summed E-state index contributed by atoms with van der Waals surface area (Å²) in [4.78, 5) is 3.06. The number of imidazole rings is 1. The summed E-state index contributed by atoms with van der Waals surface area (Å²) in [5.41, 5.74) is 2.35. The molecule has 3 rings (SSSR count). The maximum atomic E-state index is 13.3. The number of hydrogen-bond donors (Lipinski definition) is 1. The minimum absolute atomic E-state index is 0.225. The Morgan fingerprint density at radius 1 is 1.29 bits per heavy atom. The number of hydrogen-bond acceptors (Lipinski definition) is 3. The Bertz CT molecular complexity index is 936. The number of aromatic amines is 1. The van der Waals surface area contributed by atoms with Crippen molar-refractivity contribution in [3.05, 3.63) is 52.5 Å². The molecule has 3 aromatic rings. The van der Waals surface area contributed by atoms with E-state index in [1.54, 1.807) is 23.8 Å². The van der Waals surface area contributed by atoms with Gasteiger partial charge in [-0.05, 0) is 42.5 Å². The number of nitriles is 1. The molecule has 0 saturated heterocycles. The van der Waals surface area contributed by atoms with Gasteiger partial charge in [0.1, 0.15) is 17.6 Å². The van der Waals surface area contributed by atoms with Crippen molar-refractivity contribution in [2.24, 2.45) is 0 Å². The van der Waals surface area contributed by atoms with Crippen LogP contribution in [0.4, 0.5) is 4.39 Å². The van der Waals surface area contributed by atoms with Gasteiger partial charge in [-0.2, -0.15) is 5.26 Å². The zero-order chi connectivity index (χ0) is 15.0. The summed E-state index contributed by atoms with van der Waals surface area (Å²) in [5, 5.41) is 9.19. The number of H-pyrrole nitrogens is 1. The van der Waals surface area contributed by atoms with E-state index in [4.69, 9.17) is 17.0 Å². The highest BCUT2D eigenvalue weighted by Crippen LogP contribution is 2.25. The van der Waals surface area contributed by atoms with Crippen molar-refractivity contribution in [2.75, 3.05) is 7.11 Å². The Hall–Kier alpha value is -2.65. The lowest BCUT2D eigenvalue weighted by Gasteiger charge is -2.07. The van der Waals surface area contributed by atoms with Crippen molar-refractivity contribution in [1.29, 1.82) is 5.26 Å². The van der Waals surface area contributed by atoms with E-state index in [-0.39, 0.29) is 5.56 Å². The van der Waals surface area contributed by atoms with Crippen LogP contribution in [-0.4, -0.2) is 16.7 Å². The highest BCUT2D eigenvalue weighted by molar-refractivity contribution is 7.71. The molecule has 0 aliphatic heterocycles. The van der Waals surface area contributed by atoms with Gasteiger partial charge in [0.15, 0.2) is 4.77 Å². The van der Waals surface area contributed by atoms with Gasteiger partial charge in [-0.3, -0.25) is 4.57 Å². The number of rotatable bonds is 2. The van der Waals surface area contributed by atoms with Gasteiger partial charge in [-0.1, -0.05) is 0 Å². The van der Waals surface area contributed by atoms with Crippen LogP contribution in [0.2, 0.25) is 0 Å². The molecule has 0 saturated carbocycles. The van der Waals surface area contributed by atoms with Crippen molar-refractivity contribution in [3.63, 3.8) is 0 Å². The minimum atomic E-state index is -0.455. The fourth-order valence-electron chi connectivity index (χ4n) is 2.25. The lowest BCUT2D eigenvalue weighted by molar-refractivity contribution is 0.415. The average Bonchev–Trinajstić information content (AvgIpc) is 2.82. The maximum absolute atomic E-state index is 13.3. The summed E-state index contributed by atoms with van der Waals surface area (Å²) in [5.74, 6) is 0.244. The zero-order valence-electron chi connectivity index (χ0n) is 11.1. The predicted molar refractivity (Wildman–Crippen MR) is 79.7 cm³/mol. The number of nitrogens with one attached hydrogen (secondary N) is 1. The van der Waals surface area contributed by atoms with Gasteiger partial charge in [0, 0.05) is 6.07 Å². The summed E-state index contributed by atoms with van der Waals surface area (Å²) >= 11 is 5.32. The first-order chi connectivity index (χ1) is 10.1. The Morgan fingerprint density at radius 3 is 2.81 bits per heavy atom. The molecule has 0 bridgehead atoms. The van der Waals surface area contributed by atoms with Gasteiger partial charge in [-0.25, -0.2) is 4.39 Å². The summed E-state index contributed by atoms with van der Waals surface area (Å²) in [6.07, 6.45) is 0. The van der Waals surface area contributed by atoms with E-state index in [0.29, 0.717) is 16.2 Å². The fourth-order valence-corrected chi connectivity index (χ4v) is 2.56. The molecule has 0 radical (unpaired) electrons. The standard InChI is InChI=1S/C15H10FN3OS/c1-20-11-3-5-14-12(7-11)18-15(21)19(14)13-4-2-10(16)6-9(13)8-17/h2-7H,1H3,(H,18,21). The quantitative estimate of drug-likeness (QED) is 0.734. The normalized spacial score (nSPS) is 10.5. The second-order valence-electron chi connectivity index (χ2n) is 4.42. The van der Waals surface area contributed by atoms with Crippen molar-refractivity contribution >= 4 is 23.3 Å².